The van der Waals surface area contributed by atoms with E-state index < -0.39 is 0 Å². The number of H-pyrrole nitrogens is 1. The van der Waals surface area contributed by atoms with Crippen molar-refractivity contribution >= 4 is 22.9 Å². The second kappa shape index (κ2) is 8.32. The monoisotopic (exact) mass is 492 g/mol. The van der Waals surface area contributed by atoms with Crippen LogP contribution in [-0.2, 0) is 13.6 Å². The Morgan fingerprint density at radius 3 is 2.64 bits per heavy atom. The van der Waals surface area contributed by atoms with E-state index in [4.69, 9.17) is 4.52 Å². The van der Waals surface area contributed by atoms with Gasteiger partial charge in [-0.25, -0.2) is 9.78 Å². The van der Waals surface area contributed by atoms with E-state index in [1.807, 2.05) is 6.92 Å². The van der Waals surface area contributed by atoms with Gasteiger partial charge in [-0.15, -0.1) is 0 Å². The molecule has 1 N–H and O–H groups in total. The molecule has 4 aromatic heterocycles. The fourth-order valence-corrected chi connectivity index (χ4v) is 4.60. The predicted octanol–water partition coefficient (Wildman–Crippen LogP) is 2.38. The number of fused-ring (bicyclic) bond motifs is 1. The van der Waals surface area contributed by atoms with Gasteiger partial charge in [0.15, 0.2) is 11.5 Å². The number of aromatic nitrogens is 7. The Morgan fingerprint density at radius 2 is 2.00 bits per heavy atom. The number of nitrogens with zero attached hydrogens (tertiary/aromatic N) is 7. The number of nitrogens with one attached hydrogen (secondary N) is 1. The molecule has 1 amide bonds. The number of amides is 1. The second-order valence-electron chi connectivity index (χ2n) is 9.83. The topological polar surface area (TPSA) is 137 Å². The Hall–Kier alpha value is -3.96. The smallest absolute Gasteiger partial charge is 0.333 e. The van der Waals surface area contributed by atoms with Gasteiger partial charge in [-0.2, -0.15) is 5.10 Å². The van der Waals surface area contributed by atoms with Crippen molar-refractivity contribution in [3.05, 3.63) is 44.4 Å². The lowest BCUT2D eigenvalue weighted by Gasteiger charge is -2.20. The van der Waals surface area contributed by atoms with Crippen molar-refractivity contribution in [2.75, 3.05) is 11.4 Å². The van der Waals surface area contributed by atoms with Gasteiger partial charge in [0.05, 0.1) is 5.69 Å². The first-order valence-corrected chi connectivity index (χ1v) is 12.4. The standard InChI is InChI=1S/C24H28N8O4/c1-4-9-30-21-19(23(34)32(24(30)35)15-7-8-15)25-20(26-21)16-11-18(29(3)27-16)31(12-14-5-6-14)22(33)17-10-13(2)28-36-17/h10-11,14-15H,4-9,12H2,1-3H3,(H,25,26). The predicted molar refractivity (Wildman–Crippen MR) is 131 cm³/mol. The molecule has 188 valence electrons. The molecule has 2 fully saturated rings. The van der Waals surface area contributed by atoms with Gasteiger partial charge in [-0.05, 0) is 44.9 Å². The van der Waals surface area contributed by atoms with E-state index >= 15 is 0 Å². The third-order valence-electron chi connectivity index (χ3n) is 6.77. The summed E-state index contributed by atoms with van der Waals surface area (Å²) >= 11 is 0. The molecule has 12 nitrogen and oxygen atoms in total. The molecule has 4 heterocycles. The minimum atomic E-state index is -0.356. The maximum atomic E-state index is 13.3. The van der Waals surface area contributed by atoms with Gasteiger partial charge in [0.1, 0.15) is 17.0 Å². The minimum absolute atomic E-state index is 0.0487. The van der Waals surface area contributed by atoms with E-state index in [9.17, 15) is 14.4 Å². The van der Waals surface area contributed by atoms with Crippen LogP contribution < -0.4 is 16.1 Å². The van der Waals surface area contributed by atoms with E-state index in [1.165, 1.54) is 4.57 Å². The molecule has 2 saturated carbocycles. The van der Waals surface area contributed by atoms with Gasteiger partial charge in [0.25, 0.3) is 11.5 Å². The summed E-state index contributed by atoms with van der Waals surface area (Å²) in [7, 11) is 1.76. The Labute approximate surface area is 205 Å². The van der Waals surface area contributed by atoms with Crippen LogP contribution in [0, 0.1) is 12.8 Å². The Bertz CT molecular complexity index is 1590. The summed E-state index contributed by atoms with van der Waals surface area (Å²) in [5, 5.41) is 8.44. The van der Waals surface area contributed by atoms with Gasteiger partial charge in [-0.1, -0.05) is 12.1 Å². The average Bonchev–Trinajstić information content (AvgIpc) is 3.73. The average molecular weight is 493 g/mol. The van der Waals surface area contributed by atoms with E-state index in [2.05, 4.69) is 20.2 Å². The van der Waals surface area contributed by atoms with Crippen LogP contribution in [0.2, 0.25) is 0 Å². The molecule has 0 spiro atoms. The molecule has 2 aliphatic rings. The number of rotatable bonds is 8. The SMILES string of the molecule is CCCn1c(=O)n(C2CC2)c(=O)c2[nH]c(-c3cc(N(CC4CC4)C(=O)c4cc(C)no4)n(C)n3)nc21. The van der Waals surface area contributed by atoms with Crippen molar-refractivity contribution in [2.24, 2.45) is 13.0 Å². The molecule has 0 unspecified atom stereocenters. The quantitative estimate of drug-likeness (QED) is 0.399. The van der Waals surface area contributed by atoms with Crippen molar-refractivity contribution in [3.63, 3.8) is 0 Å². The summed E-state index contributed by atoms with van der Waals surface area (Å²) < 4.78 is 9.77. The van der Waals surface area contributed by atoms with Gasteiger partial charge < -0.3 is 9.51 Å². The molecule has 0 atom stereocenters. The van der Waals surface area contributed by atoms with Crippen molar-refractivity contribution in [2.45, 2.75) is 58.5 Å². The summed E-state index contributed by atoms with van der Waals surface area (Å²) in [5.74, 6) is 1.26. The van der Waals surface area contributed by atoms with E-state index in [0.29, 0.717) is 53.2 Å². The fraction of sp³-hybridized carbons (Fsp3) is 0.500. The Kier molecular flexibility index (Phi) is 5.20. The highest BCUT2D eigenvalue weighted by Gasteiger charge is 2.33. The zero-order valence-electron chi connectivity index (χ0n) is 20.5. The van der Waals surface area contributed by atoms with Crippen LogP contribution in [0.1, 0.15) is 61.3 Å². The van der Waals surface area contributed by atoms with Crippen LogP contribution in [0.5, 0.6) is 0 Å². The number of hydrogen-bond acceptors (Lipinski definition) is 7. The zero-order valence-corrected chi connectivity index (χ0v) is 20.5. The second-order valence-corrected chi connectivity index (χ2v) is 9.83. The van der Waals surface area contributed by atoms with Crippen LogP contribution in [0.25, 0.3) is 22.7 Å². The van der Waals surface area contributed by atoms with Crippen LogP contribution in [0.3, 0.4) is 0 Å². The van der Waals surface area contributed by atoms with Crippen LogP contribution in [-0.4, -0.2) is 46.5 Å². The summed E-state index contributed by atoms with van der Waals surface area (Å²) in [5.41, 5.74) is 1.05. The van der Waals surface area contributed by atoms with Crippen molar-refractivity contribution in [3.8, 4) is 11.5 Å². The maximum absolute atomic E-state index is 13.3. The third-order valence-corrected chi connectivity index (χ3v) is 6.77. The third kappa shape index (κ3) is 3.76. The molecule has 0 saturated heterocycles. The molecular weight excluding hydrogens is 464 g/mol. The van der Waals surface area contributed by atoms with Crippen LogP contribution in [0.4, 0.5) is 5.82 Å². The highest BCUT2D eigenvalue weighted by Crippen LogP contribution is 2.34. The number of imidazole rings is 1. The number of carbonyl (C=O) groups is 1. The van der Waals surface area contributed by atoms with Gasteiger partial charge >= 0.3 is 5.69 Å². The van der Waals surface area contributed by atoms with Crippen molar-refractivity contribution in [1.82, 2.24) is 34.0 Å². The summed E-state index contributed by atoms with van der Waals surface area (Å²) in [4.78, 5) is 49.0. The molecule has 6 rings (SSSR count). The maximum Gasteiger partial charge on any atom is 0.333 e. The number of anilines is 1. The first kappa shape index (κ1) is 22.5. The molecule has 0 aliphatic heterocycles. The van der Waals surface area contributed by atoms with E-state index in [-0.39, 0.29) is 29.0 Å². The summed E-state index contributed by atoms with van der Waals surface area (Å²) in [6, 6.07) is 3.34. The molecule has 12 heteroatoms. The Balaban J connectivity index is 1.44. The van der Waals surface area contributed by atoms with E-state index in [1.54, 1.807) is 40.3 Å². The number of aryl methyl sites for hydroxylation is 3. The lowest BCUT2D eigenvalue weighted by Crippen LogP contribution is -2.39. The largest absolute Gasteiger partial charge is 0.351 e. The van der Waals surface area contributed by atoms with E-state index in [0.717, 1.165) is 32.1 Å². The molecule has 0 radical (unpaired) electrons. The van der Waals surface area contributed by atoms with Crippen LogP contribution in [0.15, 0.2) is 26.2 Å². The lowest BCUT2D eigenvalue weighted by atomic mass is 10.3. The highest BCUT2D eigenvalue weighted by molar-refractivity contribution is 6.04. The van der Waals surface area contributed by atoms with Gasteiger partial charge in [0, 0.05) is 38.3 Å². The normalized spacial score (nSPS) is 15.6. The number of aromatic amines is 1. The van der Waals surface area contributed by atoms with Crippen molar-refractivity contribution < 1.29 is 9.32 Å². The minimum Gasteiger partial charge on any atom is -0.351 e. The molecule has 36 heavy (non-hydrogen) atoms. The molecule has 0 bridgehead atoms. The van der Waals surface area contributed by atoms with Gasteiger partial charge in [-0.3, -0.25) is 28.3 Å². The number of hydrogen-bond donors (Lipinski definition) is 1. The van der Waals surface area contributed by atoms with Crippen molar-refractivity contribution in [1.29, 1.82) is 0 Å². The lowest BCUT2D eigenvalue weighted by molar-refractivity contribution is 0.0948. The Morgan fingerprint density at radius 1 is 1.22 bits per heavy atom. The summed E-state index contributed by atoms with van der Waals surface area (Å²) in [6.07, 6.45) is 4.51. The molecular formula is C24H28N8O4. The number of carbonyl (C=O) groups excluding carboxylic acids is 1. The zero-order chi connectivity index (χ0) is 25.1. The first-order chi connectivity index (χ1) is 17.4. The van der Waals surface area contributed by atoms with Gasteiger partial charge in [0.2, 0.25) is 5.76 Å². The highest BCUT2D eigenvalue weighted by atomic mass is 16.5. The first-order valence-electron chi connectivity index (χ1n) is 12.4. The van der Waals surface area contributed by atoms with Crippen LogP contribution >= 0.6 is 0 Å². The fourth-order valence-electron chi connectivity index (χ4n) is 4.60. The summed E-state index contributed by atoms with van der Waals surface area (Å²) in [6.45, 7) is 4.75. The molecule has 2 aliphatic carbocycles. The molecule has 4 aromatic rings. The molecule has 0 aromatic carbocycles.